The molecular weight excluding hydrogens is 186 g/mol. The van der Waals surface area contributed by atoms with Crippen molar-refractivity contribution in [2.45, 2.75) is 0 Å². The van der Waals surface area contributed by atoms with Crippen molar-refractivity contribution in [1.29, 1.82) is 5.26 Å². The van der Waals surface area contributed by atoms with Gasteiger partial charge < -0.3 is 10.6 Å². The number of benzene rings is 1. The van der Waals surface area contributed by atoms with Crippen molar-refractivity contribution in [3.8, 4) is 6.07 Å². The highest BCUT2D eigenvalue weighted by Gasteiger charge is 2.07. The van der Waals surface area contributed by atoms with Crippen molar-refractivity contribution in [2.75, 3.05) is 24.7 Å². The Labute approximate surface area is 82.3 Å². The summed E-state index contributed by atoms with van der Waals surface area (Å²) in [5.41, 5.74) is 7.24. The quantitative estimate of drug-likeness (QED) is 0.696. The topological polar surface area (TPSA) is 53.0 Å². The second-order valence-electron chi connectivity index (χ2n) is 2.90. The molecule has 0 aliphatic rings. The second kappa shape index (κ2) is 3.55. The fourth-order valence-corrected chi connectivity index (χ4v) is 1.36. The van der Waals surface area contributed by atoms with Gasteiger partial charge in [-0.1, -0.05) is 11.6 Å². The first-order valence-corrected chi connectivity index (χ1v) is 4.10. The average molecular weight is 196 g/mol. The number of halogens is 1. The Bertz CT molecular complexity index is 366. The Hall–Kier alpha value is -1.40. The summed E-state index contributed by atoms with van der Waals surface area (Å²) in [6.07, 6.45) is 0. The van der Waals surface area contributed by atoms with Crippen molar-refractivity contribution in [1.82, 2.24) is 0 Å². The van der Waals surface area contributed by atoms with Crippen LogP contribution in [0.3, 0.4) is 0 Å². The highest BCUT2D eigenvalue weighted by atomic mass is 35.5. The summed E-state index contributed by atoms with van der Waals surface area (Å²) >= 11 is 5.92. The maximum absolute atomic E-state index is 8.72. The van der Waals surface area contributed by atoms with Crippen molar-refractivity contribution in [2.24, 2.45) is 0 Å². The molecule has 0 radical (unpaired) electrons. The van der Waals surface area contributed by atoms with E-state index < -0.39 is 0 Å². The van der Waals surface area contributed by atoms with Gasteiger partial charge in [0.05, 0.1) is 22.0 Å². The number of hydrogen-bond acceptors (Lipinski definition) is 3. The van der Waals surface area contributed by atoms with Crippen LogP contribution in [0.5, 0.6) is 0 Å². The first-order valence-electron chi connectivity index (χ1n) is 3.72. The summed E-state index contributed by atoms with van der Waals surface area (Å²) in [4.78, 5) is 1.84. The number of hydrogen-bond donors (Lipinski definition) is 1. The first kappa shape index (κ1) is 9.69. The molecular formula is C9H10ClN3. The van der Waals surface area contributed by atoms with Gasteiger partial charge in [-0.3, -0.25) is 0 Å². The predicted octanol–water partition coefficient (Wildman–Crippen LogP) is 1.86. The summed E-state index contributed by atoms with van der Waals surface area (Å²) in [7, 11) is 3.72. The number of nitriles is 1. The minimum Gasteiger partial charge on any atom is -0.398 e. The standard InChI is InChI=1S/C9H10ClN3/c1-13(2)9-3-6(5-11)8(12)4-7(9)10/h3-4H,12H2,1-2H3. The molecule has 0 unspecified atom stereocenters. The SMILES string of the molecule is CN(C)c1cc(C#N)c(N)cc1Cl. The third kappa shape index (κ3) is 1.85. The Morgan fingerprint density at radius 1 is 1.46 bits per heavy atom. The largest absolute Gasteiger partial charge is 0.398 e. The molecule has 0 bridgehead atoms. The molecule has 0 heterocycles. The van der Waals surface area contributed by atoms with Crippen molar-refractivity contribution < 1.29 is 0 Å². The Morgan fingerprint density at radius 2 is 2.08 bits per heavy atom. The van der Waals surface area contributed by atoms with E-state index in [0.29, 0.717) is 16.3 Å². The fraction of sp³-hybridized carbons (Fsp3) is 0.222. The van der Waals surface area contributed by atoms with E-state index >= 15 is 0 Å². The predicted molar refractivity (Wildman–Crippen MR) is 54.9 cm³/mol. The van der Waals surface area contributed by atoms with Gasteiger partial charge in [0.15, 0.2) is 0 Å². The lowest BCUT2D eigenvalue weighted by molar-refractivity contribution is 1.13. The van der Waals surface area contributed by atoms with Crippen LogP contribution in [0.2, 0.25) is 5.02 Å². The molecule has 1 aromatic rings. The third-order valence-electron chi connectivity index (χ3n) is 1.72. The van der Waals surface area contributed by atoms with Crippen molar-refractivity contribution >= 4 is 23.0 Å². The van der Waals surface area contributed by atoms with E-state index in [1.54, 1.807) is 12.1 Å². The molecule has 13 heavy (non-hydrogen) atoms. The van der Waals surface area contributed by atoms with Crippen molar-refractivity contribution in [3.63, 3.8) is 0 Å². The highest BCUT2D eigenvalue weighted by Crippen LogP contribution is 2.28. The Kier molecular flexibility index (Phi) is 2.64. The lowest BCUT2D eigenvalue weighted by Gasteiger charge is -2.15. The van der Waals surface area contributed by atoms with Crippen LogP contribution in [0, 0.1) is 11.3 Å². The number of nitrogen functional groups attached to an aromatic ring is 1. The normalized spacial score (nSPS) is 9.38. The van der Waals surface area contributed by atoms with Gasteiger partial charge in [0.2, 0.25) is 0 Å². The average Bonchev–Trinajstić information content (AvgIpc) is 2.03. The van der Waals surface area contributed by atoms with Gasteiger partial charge in [0.25, 0.3) is 0 Å². The van der Waals surface area contributed by atoms with Crippen LogP contribution in [0.25, 0.3) is 0 Å². The number of nitrogens with two attached hydrogens (primary N) is 1. The molecule has 2 N–H and O–H groups in total. The summed E-state index contributed by atoms with van der Waals surface area (Å²) in [6.45, 7) is 0. The van der Waals surface area contributed by atoms with Gasteiger partial charge in [-0.25, -0.2) is 0 Å². The van der Waals surface area contributed by atoms with Gasteiger partial charge in [-0.15, -0.1) is 0 Å². The molecule has 0 fully saturated rings. The molecule has 4 heteroatoms. The lowest BCUT2D eigenvalue weighted by Crippen LogP contribution is -2.10. The molecule has 3 nitrogen and oxygen atoms in total. The Morgan fingerprint density at radius 3 is 2.54 bits per heavy atom. The lowest BCUT2D eigenvalue weighted by atomic mass is 10.1. The van der Waals surface area contributed by atoms with Gasteiger partial charge >= 0.3 is 0 Å². The van der Waals surface area contributed by atoms with E-state index in [2.05, 4.69) is 0 Å². The molecule has 1 rings (SSSR count). The number of nitrogens with zero attached hydrogens (tertiary/aromatic N) is 2. The summed E-state index contributed by atoms with van der Waals surface area (Å²) < 4.78 is 0. The zero-order valence-corrected chi connectivity index (χ0v) is 8.26. The maximum atomic E-state index is 8.72. The van der Waals surface area contributed by atoms with Crippen LogP contribution in [0.1, 0.15) is 5.56 Å². The highest BCUT2D eigenvalue weighted by molar-refractivity contribution is 6.33. The van der Waals surface area contributed by atoms with Crippen LogP contribution in [-0.2, 0) is 0 Å². The van der Waals surface area contributed by atoms with Crippen LogP contribution >= 0.6 is 11.6 Å². The van der Waals surface area contributed by atoms with Crippen LogP contribution in [-0.4, -0.2) is 14.1 Å². The maximum Gasteiger partial charge on any atom is 0.101 e. The van der Waals surface area contributed by atoms with Gasteiger partial charge in [-0.2, -0.15) is 5.26 Å². The minimum absolute atomic E-state index is 0.415. The second-order valence-corrected chi connectivity index (χ2v) is 3.30. The fourth-order valence-electron chi connectivity index (χ4n) is 1.02. The number of rotatable bonds is 1. The molecule has 1 aromatic carbocycles. The van der Waals surface area contributed by atoms with Crippen molar-refractivity contribution in [3.05, 3.63) is 22.7 Å². The summed E-state index contributed by atoms with van der Waals surface area (Å²) in [6, 6.07) is 5.28. The molecule has 0 aliphatic heterocycles. The molecule has 68 valence electrons. The van der Waals surface area contributed by atoms with Gasteiger partial charge in [-0.05, 0) is 12.1 Å². The van der Waals surface area contributed by atoms with E-state index in [9.17, 15) is 0 Å². The number of anilines is 2. The van der Waals surface area contributed by atoms with E-state index in [0.717, 1.165) is 5.69 Å². The van der Waals surface area contributed by atoms with Gasteiger partial charge in [0.1, 0.15) is 6.07 Å². The van der Waals surface area contributed by atoms with Crippen LogP contribution in [0.4, 0.5) is 11.4 Å². The summed E-state index contributed by atoms with van der Waals surface area (Å²) in [5, 5.41) is 9.28. The van der Waals surface area contributed by atoms with E-state index in [1.807, 2.05) is 25.1 Å². The molecule has 0 atom stereocenters. The zero-order valence-electron chi connectivity index (χ0n) is 7.50. The zero-order chi connectivity index (χ0) is 10.0. The van der Waals surface area contributed by atoms with Crippen LogP contribution in [0.15, 0.2) is 12.1 Å². The minimum atomic E-state index is 0.415. The molecule has 0 saturated heterocycles. The molecule has 0 aliphatic carbocycles. The summed E-state index contributed by atoms with van der Waals surface area (Å²) in [5.74, 6) is 0. The van der Waals surface area contributed by atoms with Crippen LogP contribution < -0.4 is 10.6 Å². The van der Waals surface area contributed by atoms with Gasteiger partial charge in [0, 0.05) is 14.1 Å². The molecule has 0 spiro atoms. The van der Waals surface area contributed by atoms with E-state index in [1.165, 1.54) is 0 Å². The monoisotopic (exact) mass is 195 g/mol. The third-order valence-corrected chi connectivity index (χ3v) is 2.02. The molecule has 0 aromatic heterocycles. The molecule has 0 saturated carbocycles. The Balaban J connectivity index is 3.33. The molecule has 0 amide bonds. The van der Waals surface area contributed by atoms with E-state index in [4.69, 9.17) is 22.6 Å². The van der Waals surface area contributed by atoms with E-state index in [-0.39, 0.29) is 0 Å². The smallest absolute Gasteiger partial charge is 0.101 e. The first-order chi connectivity index (χ1) is 6.06.